The van der Waals surface area contributed by atoms with Gasteiger partial charge in [-0.1, -0.05) is 133 Å². The number of thiophene rings is 1. The zero-order valence-corrected chi connectivity index (χ0v) is 32.2. The normalized spacial score (nSPS) is 11.8. The van der Waals surface area contributed by atoms with Crippen LogP contribution in [-0.4, -0.2) is 4.57 Å². The first-order valence-electron chi connectivity index (χ1n) is 19.7. The van der Waals surface area contributed by atoms with E-state index >= 15 is 0 Å². The van der Waals surface area contributed by atoms with Gasteiger partial charge in [-0.25, -0.2) is 0 Å². The number of rotatable bonds is 6. The predicted molar refractivity (Wildman–Crippen MR) is 247 cm³/mol. The number of anilines is 3. The van der Waals surface area contributed by atoms with Crippen molar-refractivity contribution in [2.24, 2.45) is 0 Å². The Labute approximate surface area is 338 Å². The maximum atomic E-state index is 6.69. The van der Waals surface area contributed by atoms with Gasteiger partial charge in [0.05, 0.1) is 16.4 Å². The fraction of sp³-hybridized carbons (Fsp3) is 0. The predicted octanol–water partition coefficient (Wildman–Crippen LogP) is 15.9. The van der Waals surface area contributed by atoms with Crippen molar-refractivity contribution in [3.05, 3.63) is 206 Å². The summed E-state index contributed by atoms with van der Waals surface area (Å²) in [4.78, 5) is 2.39. The zero-order chi connectivity index (χ0) is 38.2. The van der Waals surface area contributed by atoms with Crippen molar-refractivity contribution < 1.29 is 4.42 Å². The van der Waals surface area contributed by atoms with Gasteiger partial charge in [0, 0.05) is 59.1 Å². The summed E-state index contributed by atoms with van der Waals surface area (Å²) in [5, 5.41) is 7.13. The van der Waals surface area contributed by atoms with Crippen molar-refractivity contribution in [2.75, 3.05) is 4.90 Å². The van der Waals surface area contributed by atoms with E-state index in [0.29, 0.717) is 0 Å². The lowest BCUT2D eigenvalue weighted by Crippen LogP contribution is -2.11. The van der Waals surface area contributed by atoms with Crippen molar-refractivity contribution in [3.8, 4) is 27.9 Å². The average molecular weight is 759 g/mol. The number of benzene rings is 9. The van der Waals surface area contributed by atoms with Crippen molar-refractivity contribution >= 4 is 92.3 Å². The minimum absolute atomic E-state index is 0.902. The lowest BCUT2D eigenvalue weighted by molar-refractivity contribution is 0.673. The number of hydrogen-bond donors (Lipinski definition) is 0. The van der Waals surface area contributed by atoms with Crippen LogP contribution < -0.4 is 4.90 Å². The fourth-order valence-electron chi connectivity index (χ4n) is 8.95. The lowest BCUT2D eigenvalue weighted by atomic mass is 10.00. The van der Waals surface area contributed by atoms with Gasteiger partial charge in [0.25, 0.3) is 0 Å². The van der Waals surface area contributed by atoms with Gasteiger partial charge in [0.15, 0.2) is 0 Å². The molecule has 0 fully saturated rings. The topological polar surface area (TPSA) is 21.3 Å². The van der Waals surface area contributed by atoms with E-state index in [9.17, 15) is 0 Å². The molecule has 0 unspecified atom stereocenters. The molecule has 0 amide bonds. The van der Waals surface area contributed by atoms with Crippen LogP contribution >= 0.6 is 11.3 Å². The van der Waals surface area contributed by atoms with Gasteiger partial charge in [-0.15, -0.1) is 11.3 Å². The van der Waals surface area contributed by atoms with Crippen molar-refractivity contribution in [2.45, 2.75) is 0 Å². The smallest absolute Gasteiger partial charge is 0.145 e. The van der Waals surface area contributed by atoms with E-state index in [1.807, 2.05) is 17.4 Å². The molecule has 272 valence electrons. The van der Waals surface area contributed by atoms with E-state index < -0.39 is 0 Å². The summed E-state index contributed by atoms with van der Waals surface area (Å²) in [5.41, 5.74) is 13.1. The Hall–Kier alpha value is -7.40. The molecular weight excluding hydrogens is 725 g/mol. The van der Waals surface area contributed by atoms with Crippen LogP contribution in [0.25, 0.3) is 91.9 Å². The molecule has 9 aromatic carbocycles. The minimum atomic E-state index is 0.902. The first kappa shape index (κ1) is 32.8. The van der Waals surface area contributed by atoms with Crippen molar-refractivity contribution in [3.63, 3.8) is 0 Å². The molecule has 3 aromatic heterocycles. The van der Waals surface area contributed by atoms with Crippen LogP contribution in [0.3, 0.4) is 0 Å². The molecule has 0 aliphatic carbocycles. The van der Waals surface area contributed by atoms with Gasteiger partial charge < -0.3 is 13.9 Å². The maximum absolute atomic E-state index is 6.69. The van der Waals surface area contributed by atoms with Crippen LogP contribution in [0, 0.1) is 0 Å². The van der Waals surface area contributed by atoms with E-state index in [0.717, 1.165) is 72.1 Å². The molecule has 0 saturated carbocycles. The molecule has 0 spiro atoms. The molecule has 3 nitrogen and oxygen atoms in total. The highest BCUT2D eigenvalue weighted by atomic mass is 32.1. The van der Waals surface area contributed by atoms with Gasteiger partial charge in [0.2, 0.25) is 0 Å². The lowest BCUT2D eigenvalue weighted by Gasteiger charge is -2.27. The third kappa shape index (κ3) is 5.12. The van der Waals surface area contributed by atoms with Crippen LogP contribution in [0.2, 0.25) is 0 Å². The Kier molecular flexibility index (Phi) is 7.40. The highest BCUT2D eigenvalue weighted by Gasteiger charge is 2.22. The van der Waals surface area contributed by atoms with Gasteiger partial charge in [-0.2, -0.15) is 0 Å². The summed E-state index contributed by atoms with van der Waals surface area (Å²) in [5.74, 6) is 0. The molecule has 12 rings (SSSR count). The molecule has 0 saturated heterocycles. The Morgan fingerprint density at radius 2 is 1.09 bits per heavy atom. The molecule has 0 aliphatic rings. The van der Waals surface area contributed by atoms with Crippen molar-refractivity contribution in [1.29, 1.82) is 0 Å². The average Bonchev–Trinajstić information content (AvgIpc) is 3.97. The third-order valence-electron chi connectivity index (χ3n) is 11.6. The highest BCUT2D eigenvalue weighted by Crippen LogP contribution is 2.46. The third-order valence-corrected chi connectivity index (χ3v) is 12.8. The summed E-state index contributed by atoms with van der Waals surface area (Å²) in [6.07, 6.45) is 0. The first-order valence-corrected chi connectivity index (χ1v) is 20.5. The van der Waals surface area contributed by atoms with Gasteiger partial charge in [0.1, 0.15) is 11.2 Å². The van der Waals surface area contributed by atoms with E-state index in [4.69, 9.17) is 4.42 Å². The monoisotopic (exact) mass is 758 g/mol. The number of hydrogen-bond acceptors (Lipinski definition) is 3. The summed E-state index contributed by atoms with van der Waals surface area (Å²) < 4.78 is 11.7. The Morgan fingerprint density at radius 3 is 1.93 bits per heavy atom. The SMILES string of the molecule is c1ccc(-c2ccc(N(c3ccccc3)c3cc(-c4cccc5c4sc4ccccc45)cc(-n4c5ccccc5c5c6oc7ccccc7c6ccc54)c3)cc2)cc1. The fourth-order valence-corrected chi connectivity index (χ4v) is 10.2. The van der Waals surface area contributed by atoms with E-state index in [2.05, 4.69) is 210 Å². The standard InChI is InChI=1S/C54H34N2OS/c1-3-14-35(15-4-1)36-26-28-39(29-27-36)55(38-16-5-2-6-17-38)40-32-37(42-21-13-22-46-44-19-9-12-25-51(44)58-54(42)46)33-41(34-40)56-48-23-10-7-20-47(48)52-49(56)31-30-45-43-18-8-11-24-50(43)57-53(45)52/h1-34H. The first-order chi connectivity index (χ1) is 28.8. The van der Waals surface area contributed by atoms with Gasteiger partial charge in [-0.3, -0.25) is 0 Å². The minimum Gasteiger partial charge on any atom is -0.455 e. The Balaban J connectivity index is 1.15. The second-order valence-electron chi connectivity index (χ2n) is 14.9. The van der Waals surface area contributed by atoms with Crippen LogP contribution in [0.4, 0.5) is 17.1 Å². The molecular formula is C54H34N2OS. The highest BCUT2D eigenvalue weighted by molar-refractivity contribution is 7.26. The summed E-state index contributed by atoms with van der Waals surface area (Å²) in [6.45, 7) is 0. The molecule has 0 N–H and O–H groups in total. The second kappa shape index (κ2) is 13.1. The molecule has 58 heavy (non-hydrogen) atoms. The van der Waals surface area contributed by atoms with E-state index in [1.165, 1.54) is 36.9 Å². The Bertz CT molecular complexity index is 3500. The molecule has 12 aromatic rings. The molecule has 4 heteroatoms. The van der Waals surface area contributed by atoms with Crippen LogP contribution in [0.5, 0.6) is 0 Å². The molecule has 0 atom stereocenters. The van der Waals surface area contributed by atoms with Crippen molar-refractivity contribution in [1.82, 2.24) is 4.57 Å². The van der Waals surface area contributed by atoms with E-state index in [1.54, 1.807) is 0 Å². The number of fused-ring (bicyclic) bond motifs is 10. The molecule has 0 radical (unpaired) electrons. The van der Waals surface area contributed by atoms with Crippen LogP contribution in [-0.2, 0) is 0 Å². The maximum Gasteiger partial charge on any atom is 0.145 e. The summed E-state index contributed by atoms with van der Waals surface area (Å²) >= 11 is 1.87. The molecule has 0 aliphatic heterocycles. The van der Waals surface area contributed by atoms with Crippen LogP contribution in [0.1, 0.15) is 0 Å². The quantitative estimate of drug-likeness (QED) is 0.168. The second-order valence-corrected chi connectivity index (χ2v) is 15.9. The molecule has 3 heterocycles. The number of para-hydroxylation sites is 3. The number of aromatic nitrogens is 1. The Morgan fingerprint density at radius 1 is 0.414 bits per heavy atom. The zero-order valence-electron chi connectivity index (χ0n) is 31.3. The largest absolute Gasteiger partial charge is 0.455 e. The van der Waals surface area contributed by atoms with E-state index in [-0.39, 0.29) is 0 Å². The number of nitrogens with zero attached hydrogens (tertiary/aromatic N) is 2. The van der Waals surface area contributed by atoms with Crippen LogP contribution in [0.15, 0.2) is 211 Å². The number of furan rings is 1. The summed E-state index contributed by atoms with van der Waals surface area (Å²) in [7, 11) is 0. The van der Waals surface area contributed by atoms with Gasteiger partial charge >= 0.3 is 0 Å². The van der Waals surface area contributed by atoms with Gasteiger partial charge in [-0.05, 0) is 95.1 Å². The summed E-state index contributed by atoms with van der Waals surface area (Å²) in [6, 6.07) is 74.4. The molecule has 0 bridgehead atoms.